The van der Waals surface area contributed by atoms with Gasteiger partial charge in [-0.2, -0.15) is 11.8 Å². The van der Waals surface area contributed by atoms with Crippen LogP contribution in [0.25, 0.3) is 0 Å². The Morgan fingerprint density at radius 3 is 2.90 bits per heavy atom. The Hall–Kier alpha value is -1.73. The van der Waals surface area contributed by atoms with E-state index < -0.39 is 0 Å². The molecule has 1 amide bonds. The SMILES string of the molecule is CCC1CN(C(=NC)NCc2cccc(CN3CCCC(C(N)=O)C3)c2)CCS1. The Labute approximate surface area is 179 Å². The van der Waals surface area contributed by atoms with Crippen molar-refractivity contribution in [1.29, 1.82) is 0 Å². The molecule has 1 aromatic carbocycles. The van der Waals surface area contributed by atoms with E-state index in [1.165, 1.54) is 17.5 Å². The van der Waals surface area contributed by atoms with Crippen molar-refractivity contribution in [3.8, 4) is 0 Å². The molecule has 0 aromatic heterocycles. The van der Waals surface area contributed by atoms with Crippen molar-refractivity contribution in [3.63, 3.8) is 0 Å². The molecule has 0 aliphatic carbocycles. The Morgan fingerprint density at radius 2 is 2.14 bits per heavy atom. The molecule has 3 N–H and O–H groups in total. The first kappa shape index (κ1) is 22.0. The lowest BCUT2D eigenvalue weighted by Crippen LogP contribution is -2.47. The third-order valence-electron chi connectivity index (χ3n) is 5.86. The zero-order valence-electron chi connectivity index (χ0n) is 17.8. The predicted molar refractivity (Wildman–Crippen MR) is 122 cm³/mol. The van der Waals surface area contributed by atoms with Crippen LogP contribution in [-0.2, 0) is 17.9 Å². The number of nitrogens with two attached hydrogens (primary N) is 1. The van der Waals surface area contributed by atoms with Crippen molar-refractivity contribution in [3.05, 3.63) is 35.4 Å². The van der Waals surface area contributed by atoms with E-state index in [1.807, 2.05) is 7.05 Å². The van der Waals surface area contributed by atoms with Crippen LogP contribution in [0.15, 0.2) is 29.3 Å². The molecule has 2 atom stereocenters. The van der Waals surface area contributed by atoms with Gasteiger partial charge in [-0.25, -0.2) is 0 Å². The lowest BCUT2D eigenvalue weighted by molar-refractivity contribution is -0.123. The number of guanidine groups is 1. The monoisotopic (exact) mass is 417 g/mol. The highest BCUT2D eigenvalue weighted by molar-refractivity contribution is 8.00. The van der Waals surface area contributed by atoms with Gasteiger partial charge in [0.1, 0.15) is 0 Å². The second-order valence-corrected chi connectivity index (χ2v) is 9.45. The van der Waals surface area contributed by atoms with E-state index in [1.54, 1.807) is 0 Å². The van der Waals surface area contributed by atoms with Gasteiger partial charge in [-0.3, -0.25) is 14.7 Å². The van der Waals surface area contributed by atoms with Gasteiger partial charge in [0.15, 0.2) is 5.96 Å². The molecular weight excluding hydrogens is 382 g/mol. The summed E-state index contributed by atoms with van der Waals surface area (Å²) in [4.78, 5) is 20.8. The first-order chi connectivity index (χ1) is 14.1. The van der Waals surface area contributed by atoms with Crippen LogP contribution >= 0.6 is 11.8 Å². The predicted octanol–water partition coefficient (Wildman–Crippen LogP) is 2.29. The first-order valence-electron chi connectivity index (χ1n) is 10.8. The van der Waals surface area contributed by atoms with Crippen molar-refractivity contribution < 1.29 is 4.79 Å². The van der Waals surface area contributed by atoms with Gasteiger partial charge in [0, 0.05) is 50.8 Å². The largest absolute Gasteiger partial charge is 0.369 e. The van der Waals surface area contributed by atoms with Crippen molar-refractivity contribution in [2.75, 3.05) is 39.0 Å². The fourth-order valence-electron chi connectivity index (χ4n) is 4.20. The summed E-state index contributed by atoms with van der Waals surface area (Å²) in [5, 5.41) is 4.24. The summed E-state index contributed by atoms with van der Waals surface area (Å²) in [7, 11) is 1.87. The molecular formula is C22H35N5OS. The number of piperidine rings is 1. The molecule has 2 heterocycles. The zero-order valence-corrected chi connectivity index (χ0v) is 18.6. The van der Waals surface area contributed by atoms with Crippen molar-refractivity contribution >= 4 is 23.6 Å². The number of carbonyl (C=O) groups is 1. The molecule has 2 unspecified atom stereocenters. The molecule has 2 aliphatic heterocycles. The maximum atomic E-state index is 11.5. The Balaban J connectivity index is 1.54. The summed E-state index contributed by atoms with van der Waals surface area (Å²) in [5.41, 5.74) is 8.05. The zero-order chi connectivity index (χ0) is 20.6. The van der Waals surface area contributed by atoms with Crippen molar-refractivity contribution in [1.82, 2.24) is 15.1 Å². The van der Waals surface area contributed by atoms with Crippen LogP contribution in [0.4, 0.5) is 0 Å². The van der Waals surface area contributed by atoms with Crippen molar-refractivity contribution in [2.24, 2.45) is 16.6 Å². The molecule has 29 heavy (non-hydrogen) atoms. The number of aliphatic imine (C=N–C) groups is 1. The minimum Gasteiger partial charge on any atom is -0.369 e. The fraction of sp³-hybridized carbons (Fsp3) is 0.636. The molecule has 2 aliphatic rings. The molecule has 0 spiro atoms. The maximum absolute atomic E-state index is 11.5. The quantitative estimate of drug-likeness (QED) is 0.549. The van der Waals surface area contributed by atoms with Crippen LogP contribution < -0.4 is 11.1 Å². The summed E-state index contributed by atoms with van der Waals surface area (Å²) < 4.78 is 0. The van der Waals surface area contributed by atoms with Crippen LogP contribution in [-0.4, -0.2) is 65.9 Å². The topological polar surface area (TPSA) is 74.0 Å². The second kappa shape index (κ2) is 10.9. The number of carbonyl (C=O) groups excluding carboxylic acids is 1. The number of hydrogen-bond acceptors (Lipinski definition) is 4. The van der Waals surface area contributed by atoms with Gasteiger partial charge in [-0.15, -0.1) is 0 Å². The normalized spacial score (nSPS) is 23.8. The summed E-state index contributed by atoms with van der Waals surface area (Å²) in [6.45, 7) is 7.82. The van der Waals surface area contributed by atoms with E-state index in [2.05, 4.69) is 63.1 Å². The minimum atomic E-state index is -0.166. The van der Waals surface area contributed by atoms with E-state index in [4.69, 9.17) is 5.73 Å². The molecule has 2 fully saturated rings. The first-order valence-corrected chi connectivity index (χ1v) is 11.8. The molecule has 7 heteroatoms. The molecule has 6 nitrogen and oxygen atoms in total. The van der Waals surface area contributed by atoms with Gasteiger partial charge in [-0.05, 0) is 36.9 Å². The Kier molecular flexibility index (Phi) is 8.24. The number of benzene rings is 1. The number of thioether (sulfide) groups is 1. The molecule has 1 aromatic rings. The summed E-state index contributed by atoms with van der Waals surface area (Å²) in [6.07, 6.45) is 3.16. The highest BCUT2D eigenvalue weighted by Gasteiger charge is 2.24. The standard InChI is InChI=1S/C22H35N5OS/c1-3-20-16-27(10-11-29-20)22(24-2)25-13-17-6-4-7-18(12-17)14-26-9-5-8-19(15-26)21(23)28/h4,6-7,12,19-20H,3,5,8-11,13-16H2,1-2H3,(H2,23,28)(H,24,25). The average molecular weight is 418 g/mol. The van der Waals surface area contributed by atoms with Gasteiger partial charge >= 0.3 is 0 Å². The number of primary amides is 1. The van der Waals surface area contributed by atoms with Crippen LogP contribution in [0.2, 0.25) is 0 Å². The second-order valence-electron chi connectivity index (χ2n) is 8.04. The van der Waals surface area contributed by atoms with Crippen LogP contribution in [0.3, 0.4) is 0 Å². The van der Waals surface area contributed by atoms with E-state index in [9.17, 15) is 4.79 Å². The number of rotatable bonds is 6. The smallest absolute Gasteiger partial charge is 0.221 e. The van der Waals surface area contributed by atoms with Crippen LogP contribution in [0, 0.1) is 5.92 Å². The lowest BCUT2D eigenvalue weighted by atomic mass is 9.97. The third-order valence-corrected chi connectivity index (χ3v) is 7.23. The molecule has 0 saturated carbocycles. The molecule has 0 radical (unpaired) electrons. The van der Waals surface area contributed by atoms with E-state index in [0.29, 0.717) is 5.25 Å². The Bertz CT molecular complexity index is 710. The lowest BCUT2D eigenvalue weighted by Gasteiger charge is -2.34. The summed E-state index contributed by atoms with van der Waals surface area (Å²) in [5.74, 6) is 1.98. The number of amides is 1. The Morgan fingerprint density at radius 1 is 1.31 bits per heavy atom. The van der Waals surface area contributed by atoms with Crippen LogP contribution in [0.1, 0.15) is 37.3 Å². The molecule has 0 bridgehead atoms. The fourth-order valence-corrected chi connectivity index (χ4v) is 5.38. The molecule has 160 valence electrons. The third kappa shape index (κ3) is 6.37. The van der Waals surface area contributed by atoms with E-state index in [-0.39, 0.29) is 11.8 Å². The number of nitrogens with zero attached hydrogens (tertiary/aromatic N) is 3. The summed E-state index contributed by atoms with van der Waals surface area (Å²) >= 11 is 2.07. The molecule has 2 saturated heterocycles. The van der Waals surface area contributed by atoms with Gasteiger partial charge in [0.2, 0.25) is 5.91 Å². The summed E-state index contributed by atoms with van der Waals surface area (Å²) in [6, 6.07) is 8.71. The van der Waals surface area contributed by atoms with E-state index >= 15 is 0 Å². The molecule has 3 rings (SSSR count). The van der Waals surface area contributed by atoms with Crippen LogP contribution in [0.5, 0.6) is 0 Å². The highest BCUT2D eigenvalue weighted by Crippen LogP contribution is 2.21. The van der Waals surface area contributed by atoms with E-state index in [0.717, 1.165) is 63.8 Å². The highest BCUT2D eigenvalue weighted by atomic mass is 32.2. The number of likely N-dealkylation sites (tertiary alicyclic amines) is 1. The van der Waals surface area contributed by atoms with Gasteiger partial charge in [0.05, 0.1) is 5.92 Å². The average Bonchev–Trinajstić information content (AvgIpc) is 2.75. The number of hydrogen-bond donors (Lipinski definition) is 2. The van der Waals surface area contributed by atoms with Crippen molar-refractivity contribution in [2.45, 2.75) is 44.5 Å². The number of nitrogens with one attached hydrogen (secondary N) is 1. The van der Waals surface area contributed by atoms with Gasteiger partial charge in [-0.1, -0.05) is 31.2 Å². The minimum absolute atomic E-state index is 0.00780. The van der Waals surface area contributed by atoms with Gasteiger partial charge in [0.25, 0.3) is 0 Å². The van der Waals surface area contributed by atoms with Gasteiger partial charge < -0.3 is 16.0 Å². The maximum Gasteiger partial charge on any atom is 0.221 e.